The third-order valence-electron chi connectivity index (χ3n) is 4.49. The third kappa shape index (κ3) is 2.91. The molecule has 0 spiro atoms. The van der Waals surface area contributed by atoms with Gasteiger partial charge in [0.05, 0.1) is 22.2 Å². The van der Waals surface area contributed by atoms with Crippen LogP contribution in [0, 0.1) is 12.8 Å². The lowest BCUT2D eigenvalue weighted by Crippen LogP contribution is -2.17. The van der Waals surface area contributed by atoms with Crippen molar-refractivity contribution >= 4 is 27.0 Å². The SMILES string of the molecule is COc1ccc(C2C(C(N)=S)C2S(=O)(=O)c2ccc(C)cc2)cc1. The molecule has 0 saturated heterocycles. The zero-order chi connectivity index (χ0) is 17.5. The van der Waals surface area contributed by atoms with Crippen LogP contribution in [0.5, 0.6) is 5.75 Å². The van der Waals surface area contributed by atoms with Crippen LogP contribution in [-0.4, -0.2) is 25.8 Å². The molecule has 2 N–H and O–H groups in total. The van der Waals surface area contributed by atoms with Crippen molar-refractivity contribution in [2.45, 2.75) is 23.0 Å². The van der Waals surface area contributed by atoms with E-state index in [1.54, 1.807) is 31.4 Å². The van der Waals surface area contributed by atoms with E-state index in [9.17, 15) is 8.42 Å². The summed E-state index contributed by atoms with van der Waals surface area (Å²) in [6, 6.07) is 14.3. The summed E-state index contributed by atoms with van der Waals surface area (Å²) in [5.74, 6) is 0.184. The first-order valence-corrected chi connectivity index (χ1v) is 9.55. The van der Waals surface area contributed by atoms with Crippen LogP contribution in [0.1, 0.15) is 17.0 Å². The number of hydrogen-bond acceptors (Lipinski definition) is 4. The number of nitrogens with two attached hydrogens (primary N) is 1. The van der Waals surface area contributed by atoms with Gasteiger partial charge in [0.25, 0.3) is 0 Å². The van der Waals surface area contributed by atoms with Crippen LogP contribution in [0.15, 0.2) is 53.4 Å². The summed E-state index contributed by atoms with van der Waals surface area (Å²) in [6.45, 7) is 1.92. The van der Waals surface area contributed by atoms with E-state index >= 15 is 0 Å². The molecule has 2 aromatic rings. The van der Waals surface area contributed by atoms with E-state index in [2.05, 4.69) is 0 Å². The predicted molar refractivity (Wildman–Crippen MR) is 98.2 cm³/mol. The maximum atomic E-state index is 13.0. The topological polar surface area (TPSA) is 69.4 Å². The van der Waals surface area contributed by atoms with Crippen LogP contribution < -0.4 is 10.5 Å². The van der Waals surface area contributed by atoms with Crippen molar-refractivity contribution in [3.8, 4) is 5.75 Å². The van der Waals surface area contributed by atoms with Crippen LogP contribution in [0.3, 0.4) is 0 Å². The molecule has 0 aromatic heterocycles. The van der Waals surface area contributed by atoms with Crippen molar-refractivity contribution in [2.75, 3.05) is 7.11 Å². The van der Waals surface area contributed by atoms with E-state index in [4.69, 9.17) is 22.7 Å². The fourth-order valence-corrected chi connectivity index (χ4v) is 5.65. The Hall–Kier alpha value is -1.92. The summed E-state index contributed by atoms with van der Waals surface area (Å²) in [6.07, 6.45) is 0. The fraction of sp³-hybridized carbons (Fsp3) is 0.278. The molecule has 1 saturated carbocycles. The minimum absolute atomic E-state index is 0.209. The third-order valence-corrected chi connectivity index (χ3v) is 7.00. The summed E-state index contributed by atoms with van der Waals surface area (Å²) >= 11 is 5.11. The minimum Gasteiger partial charge on any atom is -0.497 e. The number of ether oxygens (including phenoxy) is 1. The number of hydrogen-bond donors (Lipinski definition) is 1. The first-order chi connectivity index (χ1) is 11.4. The van der Waals surface area contributed by atoms with E-state index in [1.165, 1.54) is 0 Å². The molecule has 0 bridgehead atoms. The largest absolute Gasteiger partial charge is 0.497 e. The lowest BCUT2D eigenvalue weighted by atomic mass is 10.1. The number of aryl methyl sites for hydroxylation is 1. The summed E-state index contributed by atoms with van der Waals surface area (Å²) in [5, 5.41) is -0.605. The van der Waals surface area contributed by atoms with Gasteiger partial charge in [-0.3, -0.25) is 0 Å². The summed E-state index contributed by atoms with van der Waals surface area (Å²) < 4.78 is 31.1. The molecule has 3 atom stereocenters. The maximum absolute atomic E-state index is 13.0. The lowest BCUT2D eigenvalue weighted by molar-refractivity contribution is 0.414. The Labute approximate surface area is 147 Å². The van der Waals surface area contributed by atoms with E-state index < -0.39 is 15.1 Å². The van der Waals surface area contributed by atoms with Crippen LogP contribution in [0.25, 0.3) is 0 Å². The quantitative estimate of drug-likeness (QED) is 0.830. The van der Waals surface area contributed by atoms with Crippen LogP contribution in [0.2, 0.25) is 0 Å². The molecule has 126 valence electrons. The van der Waals surface area contributed by atoms with Crippen molar-refractivity contribution < 1.29 is 13.2 Å². The fourth-order valence-electron chi connectivity index (χ4n) is 3.12. The van der Waals surface area contributed by atoms with Crippen molar-refractivity contribution in [3.05, 3.63) is 59.7 Å². The highest BCUT2D eigenvalue weighted by molar-refractivity contribution is 7.92. The Kier molecular flexibility index (Phi) is 4.36. The molecule has 1 aliphatic carbocycles. The molecule has 6 heteroatoms. The first-order valence-electron chi connectivity index (χ1n) is 7.60. The van der Waals surface area contributed by atoms with Crippen LogP contribution in [0.4, 0.5) is 0 Å². The van der Waals surface area contributed by atoms with Gasteiger partial charge in [0.2, 0.25) is 0 Å². The highest BCUT2D eigenvalue weighted by Gasteiger charge is 2.60. The Morgan fingerprint density at radius 1 is 1.08 bits per heavy atom. The number of benzene rings is 2. The predicted octanol–water partition coefficient (Wildman–Crippen LogP) is 2.85. The van der Waals surface area contributed by atoms with E-state index in [-0.39, 0.29) is 16.8 Å². The van der Waals surface area contributed by atoms with Gasteiger partial charge in [0.1, 0.15) is 5.75 Å². The van der Waals surface area contributed by atoms with E-state index in [0.29, 0.717) is 4.90 Å². The van der Waals surface area contributed by atoms with Gasteiger partial charge < -0.3 is 10.5 Å². The first kappa shape index (κ1) is 16.9. The Morgan fingerprint density at radius 2 is 1.67 bits per heavy atom. The zero-order valence-corrected chi connectivity index (χ0v) is 15.1. The normalized spacial score (nSPS) is 22.8. The molecule has 1 fully saturated rings. The molecule has 24 heavy (non-hydrogen) atoms. The van der Waals surface area contributed by atoms with Crippen LogP contribution in [-0.2, 0) is 9.84 Å². The second-order valence-electron chi connectivity index (χ2n) is 6.05. The monoisotopic (exact) mass is 361 g/mol. The molecule has 3 rings (SSSR count). The van der Waals surface area contributed by atoms with Gasteiger partial charge >= 0.3 is 0 Å². The number of rotatable bonds is 5. The van der Waals surface area contributed by atoms with Crippen molar-refractivity contribution in [3.63, 3.8) is 0 Å². The average molecular weight is 361 g/mol. The Morgan fingerprint density at radius 3 is 2.17 bits per heavy atom. The molecule has 0 amide bonds. The molecule has 1 aliphatic rings. The Bertz CT molecular complexity index is 858. The van der Waals surface area contributed by atoms with Crippen molar-refractivity contribution in [2.24, 2.45) is 11.7 Å². The van der Waals surface area contributed by atoms with Gasteiger partial charge in [-0.25, -0.2) is 8.42 Å². The molecule has 0 heterocycles. The smallest absolute Gasteiger partial charge is 0.182 e. The van der Waals surface area contributed by atoms with Gasteiger partial charge in [0.15, 0.2) is 9.84 Å². The standard InChI is InChI=1S/C18H19NO3S2/c1-11-3-9-14(10-4-11)24(20,21)17-15(16(17)18(19)23)12-5-7-13(22-2)8-6-12/h3-10,15-17H,1-2H3,(H2,19,23). The zero-order valence-electron chi connectivity index (χ0n) is 13.5. The highest BCUT2D eigenvalue weighted by atomic mass is 32.2. The second kappa shape index (κ2) is 6.18. The molecule has 0 radical (unpaired) electrons. The molecule has 3 unspecified atom stereocenters. The van der Waals surface area contributed by atoms with Gasteiger partial charge in [-0.15, -0.1) is 0 Å². The molecule has 2 aromatic carbocycles. The molecule has 0 aliphatic heterocycles. The van der Waals surface area contributed by atoms with Crippen molar-refractivity contribution in [1.82, 2.24) is 0 Å². The van der Waals surface area contributed by atoms with Gasteiger partial charge in [-0.1, -0.05) is 42.0 Å². The summed E-state index contributed by atoms with van der Waals surface area (Å²) in [5.41, 5.74) is 7.74. The lowest BCUT2D eigenvalue weighted by Gasteiger charge is -2.05. The van der Waals surface area contributed by atoms with Crippen LogP contribution >= 0.6 is 12.2 Å². The van der Waals surface area contributed by atoms with E-state index in [1.807, 2.05) is 31.2 Å². The highest BCUT2D eigenvalue weighted by Crippen LogP contribution is 2.54. The van der Waals surface area contributed by atoms with Gasteiger partial charge in [-0.2, -0.15) is 0 Å². The minimum atomic E-state index is -3.49. The number of sulfone groups is 1. The summed E-state index contributed by atoms with van der Waals surface area (Å²) in [7, 11) is -1.90. The Balaban J connectivity index is 1.96. The van der Waals surface area contributed by atoms with E-state index in [0.717, 1.165) is 16.9 Å². The summed E-state index contributed by atoms with van der Waals surface area (Å²) in [4.78, 5) is 0.562. The molecule has 4 nitrogen and oxygen atoms in total. The van der Waals surface area contributed by atoms with Gasteiger partial charge in [-0.05, 0) is 36.8 Å². The number of thiocarbonyl (C=S) groups is 1. The second-order valence-corrected chi connectivity index (χ2v) is 8.63. The maximum Gasteiger partial charge on any atom is 0.182 e. The molecular formula is C18H19NO3S2. The van der Waals surface area contributed by atoms with Crippen molar-refractivity contribution in [1.29, 1.82) is 0 Å². The number of methoxy groups -OCH3 is 1. The van der Waals surface area contributed by atoms with Gasteiger partial charge in [0, 0.05) is 11.8 Å². The molecular weight excluding hydrogens is 342 g/mol. The average Bonchev–Trinajstić information content (AvgIpc) is 3.32.